The van der Waals surface area contributed by atoms with Crippen LogP contribution in [-0.4, -0.2) is 16.7 Å². The summed E-state index contributed by atoms with van der Waals surface area (Å²) in [5.41, 5.74) is 8.99. The van der Waals surface area contributed by atoms with Crippen molar-refractivity contribution in [1.29, 1.82) is 0 Å². The van der Waals surface area contributed by atoms with Gasteiger partial charge in [-0.2, -0.15) is 0 Å². The summed E-state index contributed by atoms with van der Waals surface area (Å²) >= 11 is 0. The van der Waals surface area contributed by atoms with Crippen LogP contribution in [0.15, 0.2) is 42.1 Å². The number of primary amides is 1. The van der Waals surface area contributed by atoms with Crippen LogP contribution in [0.25, 0.3) is 5.57 Å². The van der Waals surface area contributed by atoms with Gasteiger partial charge in [0, 0.05) is 39.8 Å². The number of nitrogens with zero attached hydrogens (tertiary/aromatic N) is 1. The molecule has 1 heterocycles. The first-order chi connectivity index (χ1) is 13.3. The topological polar surface area (TPSA) is 127 Å². The van der Waals surface area contributed by atoms with E-state index in [2.05, 4.69) is 10.6 Å². The molecule has 0 aromatic heterocycles. The van der Waals surface area contributed by atoms with Gasteiger partial charge in [-0.05, 0) is 31.5 Å². The molecule has 0 unspecified atom stereocenters. The number of nitrogens with one attached hydrogen (secondary N) is 2. The predicted molar refractivity (Wildman–Crippen MR) is 107 cm³/mol. The van der Waals surface area contributed by atoms with Crippen LogP contribution in [0.5, 0.6) is 0 Å². The number of nitro groups is 1. The molecule has 0 atom stereocenters. The predicted octanol–water partition coefficient (Wildman–Crippen LogP) is 3.58. The second kappa shape index (κ2) is 7.51. The molecule has 3 rings (SSSR count). The summed E-state index contributed by atoms with van der Waals surface area (Å²) in [6, 6.07) is 9.65. The van der Waals surface area contributed by atoms with Crippen molar-refractivity contribution in [3.05, 3.63) is 68.9 Å². The Morgan fingerprint density at radius 1 is 1.25 bits per heavy atom. The molecule has 2 amide bonds. The Balaban J connectivity index is 2.06. The molecule has 0 bridgehead atoms. The first-order valence-corrected chi connectivity index (χ1v) is 8.82. The van der Waals surface area contributed by atoms with Crippen molar-refractivity contribution >= 4 is 34.4 Å². The van der Waals surface area contributed by atoms with E-state index in [9.17, 15) is 19.7 Å². The number of fused-ring (bicyclic) bond motifs is 1. The van der Waals surface area contributed by atoms with Crippen molar-refractivity contribution in [1.82, 2.24) is 0 Å². The lowest BCUT2D eigenvalue weighted by atomic mass is 10.0. The van der Waals surface area contributed by atoms with Crippen LogP contribution in [0.2, 0.25) is 0 Å². The minimum absolute atomic E-state index is 0.00761. The second-order valence-corrected chi connectivity index (χ2v) is 6.57. The van der Waals surface area contributed by atoms with Crippen molar-refractivity contribution in [2.75, 3.05) is 10.6 Å². The average molecular weight is 380 g/mol. The smallest absolute Gasteiger partial charge is 0.274 e. The van der Waals surface area contributed by atoms with Crippen LogP contribution >= 0.6 is 0 Å². The summed E-state index contributed by atoms with van der Waals surface area (Å²) in [6.45, 7) is 3.65. The highest BCUT2D eigenvalue weighted by Gasteiger charge is 2.28. The summed E-state index contributed by atoms with van der Waals surface area (Å²) < 4.78 is 0. The fourth-order valence-electron chi connectivity index (χ4n) is 3.18. The molecule has 0 saturated heterocycles. The minimum Gasteiger partial charge on any atom is -0.366 e. The van der Waals surface area contributed by atoms with E-state index in [1.165, 1.54) is 6.07 Å². The molecule has 4 N–H and O–H groups in total. The quantitative estimate of drug-likeness (QED) is 0.401. The Morgan fingerprint density at radius 3 is 2.64 bits per heavy atom. The summed E-state index contributed by atoms with van der Waals surface area (Å²) in [5, 5.41) is 17.1. The molecule has 2 aromatic rings. The van der Waals surface area contributed by atoms with Crippen molar-refractivity contribution < 1.29 is 14.5 Å². The van der Waals surface area contributed by atoms with Gasteiger partial charge in [-0.3, -0.25) is 19.7 Å². The van der Waals surface area contributed by atoms with Crippen molar-refractivity contribution in [2.24, 2.45) is 5.73 Å². The summed E-state index contributed by atoms with van der Waals surface area (Å²) in [6.07, 6.45) is 1.34. The third-order valence-electron chi connectivity index (χ3n) is 4.55. The SMILES string of the molecule is CCCC(Nc1ccc(C)c([N+](=O)[O-])c1)=C1C(=O)Nc2cc(C(N)=O)ccc21. The van der Waals surface area contributed by atoms with Crippen LogP contribution in [-0.2, 0) is 4.79 Å². The maximum Gasteiger partial charge on any atom is 0.274 e. The zero-order chi connectivity index (χ0) is 20.4. The monoisotopic (exact) mass is 380 g/mol. The number of anilines is 2. The summed E-state index contributed by atoms with van der Waals surface area (Å²) in [7, 11) is 0. The van der Waals surface area contributed by atoms with E-state index in [4.69, 9.17) is 5.73 Å². The fourth-order valence-corrected chi connectivity index (χ4v) is 3.18. The molecule has 8 heteroatoms. The first-order valence-electron chi connectivity index (χ1n) is 8.82. The van der Waals surface area contributed by atoms with Gasteiger partial charge in [0.15, 0.2) is 0 Å². The first kappa shape index (κ1) is 19.1. The number of aryl methyl sites for hydroxylation is 1. The van der Waals surface area contributed by atoms with Crippen LogP contribution < -0.4 is 16.4 Å². The van der Waals surface area contributed by atoms with Crippen LogP contribution in [0.4, 0.5) is 17.1 Å². The molecule has 1 aliphatic rings. The van der Waals surface area contributed by atoms with Gasteiger partial charge >= 0.3 is 0 Å². The van der Waals surface area contributed by atoms with Gasteiger partial charge in [0.2, 0.25) is 5.91 Å². The van der Waals surface area contributed by atoms with Crippen LogP contribution in [0, 0.1) is 17.0 Å². The zero-order valence-corrected chi connectivity index (χ0v) is 15.5. The fraction of sp³-hybridized carbons (Fsp3) is 0.200. The van der Waals surface area contributed by atoms with Crippen molar-refractivity contribution in [3.8, 4) is 0 Å². The number of nitrogens with two attached hydrogens (primary N) is 1. The maximum atomic E-state index is 12.6. The summed E-state index contributed by atoms with van der Waals surface area (Å²) in [5.74, 6) is -0.873. The molecule has 0 aliphatic carbocycles. The van der Waals surface area contributed by atoms with E-state index in [0.29, 0.717) is 45.8 Å². The van der Waals surface area contributed by atoms with E-state index in [-0.39, 0.29) is 11.6 Å². The lowest BCUT2D eigenvalue weighted by molar-refractivity contribution is -0.385. The van der Waals surface area contributed by atoms with Crippen molar-refractivity contribution in [3.63, 3.8) is 0 Å². The number of carbonyl (C=O) groups excluding carboxylic acids is 2. The standard InChI is InChI=1S/C20H20N4O4/c1-3-4-15(22-13-7-5-11(2)17(10-13)24(27)28)18-14-8-6-12(19(21)25)9-16(14)23-20(18)26/h5-10,22H,3-4H2,1-2H3,(H2,21,25)(H,23,26). The number of rotatable bonds is 6. The highest BCUT2D eigenvalue weighted by atomic mass is 16.6. The molecule has 1 aliphatic heterocycles. The highest BCUT2D eigenvalue weighted by Crippen LogP contribution is 2.36. The summed E-state index contributed by atoms with van der Waals surface area (Å²) in [4.78, 5) is 34.8. The number of hydrogen-bond acceptors (Lipinski definition) is 5. The number of benzene rings is 2. The molecule has 0 saturated carbocycles. The van der Waals surface area contributed by atoms with Crippen molar-refractivity contribution in [2.45, 2.75) is 26.7 Å². The molecular weight excluding hydrogens is 360 g/mol. The molecule has 2 aromatic carbocycles. The number of allylic oxidation sites excluding steroid dienone is 1. The average Bonchev–Trinajstić information content (AvgIpc) is 2.97. The Labute approximate surface area is 161 Å². The lowest BCUT2D eigenvalue weighted by Crippen LogP contribution is -2.11. The third-order valence-corrected chi connectivity index (χ3v) is 4.55. The van der Waals surface area contributed by atoms with Crippen LogP contribution in [0.1, 0.15) is 41.3 Å². The van der Waals surface area contributed by atoms with E-state index >= 15 is 0 Å². The molecular formula is C20H20N4O4. The Hall–Kier alpha value is -3.68. The molecule has 8 nitrogen and oxygen atoms in total. The zero-order valence-electron chi connectivity index (χ0n) is 15.5. The number of hydrogen-bond donors (Lipinski definition) is 3. The number of carbonyl (C=O) groups is 2. The van der Waals surface area contributed by atoms with Crippen LogP contribution in [0.3, 0.4) is 0 Å². The molecule has 144 valence electrons. The largest absolute Gasteiger partial charge is 0.366 e. The number of amides is 2. The maximum absolute atomic E-state index is 12.6. The van der Waals surface area contributed by atoms with E-state index in [0.717, 1.165) is 6.42 Å². The van der Waals surface area contributed by atoms with Gasteiger partial charge in [-0.15, -0.1) is 0 Å². The Bertz CT molecular complexity index is 1030. The van der Waals surface area contributed by atoms with Gasteiger partial charge < -0.3 is 16.4 Å². The van der Waals surface area contributed by atoms with E-state index in [1.54, 1.807) is 37.3 Å². The second-order valence-electron chi connectivity index (χ2n) is 6.57. The van der Waals surface area contributed by atoms with E-state index in [1.807, 2.05) is 6.92 Å². The molecule has 0 spiro atoms. The van der Waals surface area contributed by atoms with Gasteiger partial charge in [0.1, 0.15) is 0 Å². The Kier molecular flexibility index (Phi) is 5.12. The van der Waals surface area contributed by atoms with Gasteiger partial charge in [0.05, 0.1) is 10.5 Å². The minimum atomic E-state index is -0.576. The number of nitro benzene ring substituents is 1. The third kappa shape index (κ3) is 3.57. The highest BCUT2D eigenvalue weighted by molar-refractivity contribution is 6.32. The molecule has 0 radical (unpaired) electrons. The van der Waals surface area contributed by atoms with Gasteiger partial charge in [0.25, 0.3) is 11.6 Å². The van der Waals surface area contributed by atoms with E-state index < -0.39 is 10.8 Å². The lowest BCUT2D eigenvalue weighted by Gasteiger charge is -2.14. The van der Waals surface area contributed by atoms with Gasteiger partial charge in [-0.1, -0.05) is 25.5 Å². The molecule has 0 fully saturated rings. The Morgan fingerprint density at radius 2 is 2.00 bits per heavy atom. The molecule has 28 heavy (non-hydrogen) atoms. The van der Waals surface area contributed by atoms with Gasteiger partial charge in [-0.25, -0.2) is 0 Å². The normalized spacial score (nSPS) is 14.3.